The summed E-state index contributed by atoms with van der Waals surface area (Å²) < 4.78 is 12.2. The Bertz CT molecular complexity index is 851. The number of para-hydroxylation sites is 1. The normalized spacial score (nSPS) is 22.0. The van der Waals surface area contributed by atoms with Gasteiger partial charge >= 0.3 is 5.97 Å². The Labute approximate surface area is 175 Å². The monoisotopic (exact) mass is 416 g/mol. The minimum Gasteiger partial charge on any atom is -0.508 e. The fraction of sp³-hybridized carbons (Fsp3) is 0.348. The number of aliphatic carboxylic acids is 1. The maximum atomic E-state index is 10.6. The highest BCUT2D eigenvalue weighted by molar-refractivity contribution is 6.31. The van der Waals surface area contributed by atoms with E-state index in [1.54, 1.807) is 18.2 Å². The molecule has 0 bridgehead atoms. The lowest BCUT2D eigenvalue weighted by atomic mass is 9.91. The van der Waals surface area contributed by atoms with Gasteiger partial charge in [-0.2, -0.15) is 0 Å². The van der Waals surface area contributed by atoms with E-state index < -0.39 is 12.3 Å². The zero-order valence-electron chi connectivity index (χ0n) is 16.0. The Kier molecular flexibility index (Phi) is 7.69. The third kappa shape index (κ3) is 5.82. The fourth-order valence-corrected chi connectivity index (χ4v) is 3.64. The van der Waals surface area contributed by atoms with Gasteiger partial charge in [0.05, 0.1) is 12.7 Å². The summed E-state index contributed by atoms with van der Waals surface area (Å²) in [5.41, 5.74) is 1.48. The molecule has 0 radical (unpaired) electrons. The first-order valence-corrected chi connectivity index (χ1v) is 10.1. The highest BCUT2D eigenvalue weighted by Crippen LogP contribution is 2.43. The van der Waals surface area contributed by atoms with E-state index in [0.29, 0.717) is 30.9 Å². The van der Waals surface area contributed by atoms with E-state index in [9.17, 15) is 9.90 Å². The molecule has 2 aromatic carbocycles. The van der Waals surface area contributed by atoms with Gasteiger partial charge in [-0.3, -0.25) is 4.79 Å². The summed E-state index contributed by atoms with van der Waals surface area (Å²) in [7, 11) is 0. The van der Waals surface area contributed by atoms with Crippen LogP contribution in [0.4, 0.5) is 0 Å². The van der Waals surface area contributed by atoms with Crippen molar-refractivity contribution in [3.63, 3.8) is 0 Å². The van der Waals surface area contributed by atoms with Crippen LogP contribution in [0.2, 0.25) is 5.02 Å². The lowest BCUT2D eigenvalue weighted by Gasteiger charge is -2.37. The van der Waals surface area contributed by atoms with E-state index in [1.807, 2.05) is 42.5 Å². The molecule has 5 nitrogen and oxygen atoms in total. The largest absolute Gasteiger partial charge is 0.508 e. The van der Waals surface area contributed by atoms with Gasteiger partial charge in [-0.1, -0.05) is 60.2 Å². The molecule has 154 valence electrons. The number of rotatable bonds is 8. The summed E-state index contributed by atoms with van der Waals surface area (Å²) in [5.74, 6) is -0.580. The summed E-state index contributed by atoms with van der Waals surface area (Å²) >= 11 is 6.31. The van der Waals surface area contributed by atoms with Crippen LogP contribution in [0.25, 0.3) is 0 Å². The first-order valence-electron chi connectivity index (χ1n) is 9.72. The van der Waals surface area contributed by atoms with E-state index in [2.05, 4.69) is 0 Å². The van der Waals surface area contributed by atoms with Crippen LogP contribution in [0.1, 0.15) is 49.2 Å². The standard InChI is InChI=1S/C23H25ClO5/c24-19-12-7-5-10-17(19)23-28-15-16(9-3-1-2-4-14-21(26)27)22(29-23)18-11-6-8-13-20(18)25/h1,3,5-8,10-13,16,22-23,25H,2,4,9,14-15H2,(H,26,27)/t16-,22+,23+/m1/s1. The average Bonchev–Trinajstić information content (AvgIpc) is 2.71. The van der Waals surface area contributed by atoms with Gasteiger partial charge in [0.15, 0.2) is 6.29 Å². The van der Waals surface area contributed by atoms with Crippen molar-refractivity contribution in [3.8, 4) is 5.75 Å². The molecule has 0 unspecified atom stereocenters. The molecule has 0 saturated carbocycles. The molecule has 2 aromatic rings. The molecule has 3 rings (SSSR count). The zero-order valence-corrected chi connectivity index (χ0v) is 16.8. The summed E-state index contributed by atoms with van der Waals surface area (Å²) in [6.45, 7) is 0.453. The van der Waals surface area contributed by atoms with Crippen molar-refractivity contribution in [3.05, 3.63) is 76.8 Å². The molecular weight excluding hydrogens is 392 g/mol. The average molecular weight is 417 g/mol. The van der Waals surface area contributed by atoms with Crippen LogP contribution in [-0.2, 0) is 14.3 Å². The van der Waals surface area contributed by atoms with E-state index in [0.717, 1.165) is 11.1 Å². The van der Waals surface area contributed by atoms with Crippen LogP contribution in [-0.4, -0.2) is 22.8 Å². The van der Waals surface area contributed by atoms with Crippen molar-refractivity contribution in [2.45, 2.75) is 38.1 Å². The summed E-state index contributed by atoms with van der Waals surface area (Å²) in [5, 5.41) is 19.6. The smallest absolute Gasteiger partial charge is 0.303 e. The molecule has 1 heterocycles. The minimum atomic E-state index is -0.780. The van der Waals surface area contributed by atoms with Gasteiger partial charge in [0, 0.05) is 28.5 Å². The van der Waals surface area contributed by atoms with Crippen molar-refractivity contribution in [1.82, 2.24) is 0 Å². The molecule has 1 saturated heterocycles. The van der Waals surface area contributed by atoms with Gasteiger partial charge in [0.25, 0.3) is 0 Å². The summed E-state index contributed by atoms with van der Waals surface area (Å²) in [4.78, 5) is 10.6. The minimum absolute atomic E-state index is 0.0118. The topological polar surface area (TPSA) is 76.0 Å². The predicted octanol–water partition coefficient (Wildman–Crippen LogP) is 5.65. The molecule has 0 aromatic heterocycles. The van der Waals surface area contributed by atoms with Gasteiger partial charge < -0.3 is 19.7 Å². The zero-order chi connectivity index (χ0) is 20.6. The number of unbranched alkanes of at least 4 members (excludes halogenated alkanes) is 1. The molecule has 6 heteroatoms. The van der Waals surface area contributed by atoms with Crippen molar-refractivity contribution in [1.29, 1.82) is 0 Å². The molecule has 2 N–H and O–H groups in total. The SMILES string of the molecule is O=C(O)CCCC=CC[C@@H]1CO[C@H](c2ccccc2Cl)O[C@@H]1c1ccccc1O. The predicted molar refractivity (Wildman–Crippen MR) is 111 cm³/mol. The second-order valence-corrected chi connectivity index (χ2v) is 7.46. The van der Waals surface area contributed by atoms with Gasteiger partial charge in [-0.05, 0) is 31.4 Å². The number of ether oxygens (including phenoxy) is 2. The molecule has 1 aliphatic rings. The molecule has 1 aliphatic heterocycles. The maximum absolute atomic E-state index is 10.6. The van der Waals surface area contributed by atoms with Crippen LogP contribution in [0.15, 0.2) is 60.7 Å². The highest BCUT2D eigenvalue weighted by Gasteiger charge is 2.35. The number of phenols is 1. The second kappa shape index (κ2) is 10.4. The third-order valence-electron chi connectivity index (χ3n) is 4.93. The quantitative estimate of drug-likeness (QED) is 0.429. The van der Waals surface area contributed by atoms with Crippen LogP contribution in [0.3, 0.4) is 0 Å². The number of hydrogen-bond donors (Lipinski definition) is 2. The van der Waals surface area contributed by atoms with Crippen LogP contribution in [0.5, 0.6) is 5.75 Å². The lowest BCUT2D eigenvalue weighted by Crippen LogP contribution is -2.30. The molecule has 1 fully saturated rings. The van der Waals surface area contributed by atoms with Crippen LogP contribution in [0, 0.1) is 5.92 Å². The first kappa shape index (κ1) is 21.4. The fourth-order valence-electron chi connectivity index (χ4n) is 3.42. The number of hydrogen-bond acceptors (Lipinski definition) is 4. The van der Waals surface area contributed by atoms with Crippen LogP contribution >= 0.6 is 11.6 Å². The Hall–Kier alpha value is -2.34. The van der Waals surface area contributed by atoms with Crippen molar-refractivity contribution < 1.29 is 24.5 Å². The van der Waals surface area contributed by atoms with Crippen molar-refractivity contribution in [2.75, 3.05) is 6.61 Å². The Morgan fingerprint density at radius 1 is 1.10 bits per heavy atom. The number of phenolic OH excluding ortho intramolecular Hbond substituents is 1. The number of carboxylic acids is 1. The van der Waals surface area contributed by atoms with Gasteiger partial charge in [-0.25, -0.2) is 0 Å². The number of allylic oxidation sites excluding steroid dienone is 2. The Balaban J connectivity index is 1.72. The number of carbonyl (C=O) groups is 1. The highest BCUT2D eigenvalue weighted by atomic mass is 35.5. The van der Waals surface area contributed by atoms with E-state index in [4.69, 9.17) is 26.2 Å². The van der Waals surface area contributed by atoms with E-state index >= 15 is 0 Å². The van der Waals surface area contributed by atoms with E-state index in [-0.39, 0.29) is 24.2 Å². The van der Waals surface area contributed by atoms with Crippen LogP contribution < -0.4 is 0 Å². The Morgan fingerprint density at radius 3 is 2.55 bits per heavy atom. The molecule has 0 spiro atoms. The molecule has 0 aliphatic carbocycles. The third-order valence-corrected chi connectivity index (χ3v) is 5.27. The Morgan fingerprint density at radius 2 is 1.83 bits per heavy atom. The van der Waals surface area contributed by atoms with Gasteiger partial charge in [-0.15, -0.1) is 0 Å². The maximum Gasteiger partial charge on any atom is 0.303 e. The molecular formula is C23H25ClO5. The first-order chi connectivity index (χ1) is 14.1. The number of carboxylic acid groups (broad SMARTS) is 1. The number of aromatic hydroxyl groups is 1. The molecule has 0 amide bonds. The number of halogens is 1. The summed E-state index contributed by atoms with van der Waals surface area (Å²) in [6.07, 6.45) is 5.25. The lowest BCUT2D eigenvalue weighted by molar-refractivity contribution is -0.244. The van der Waals surface area contributed by atoms with Gasteiger partial charge in [0.1, 0.15) is 5.75 Å². The number of benzene rings is 2. The molecule has 3 atom stereocenters. The van der Waals surface area contributed by atoms with E-state index in [1.165, 1.54) is 0 Å². The van der Waals surface area contributed by atoms with Crippen molar-refractivity contribution >= 4 is 17.6 Å². The second-order valence-electron chi connectivity index (χ2n) is 7.06. The molecule has 29 heavy (non-hydrogen) atoms. The summed E-state index contributed by atoms with van der Waals surface area (Å²) in [6, 6.07) is 14.6. The van der Waals surface area contributed by atoms with Crippen molar-refractivity contribution in [2.24, 2.45) is 5.92 Å². The van der Waals surface area contributed by atoms with Gasteiger partial charge in [0.2, 0.25) is 0 Å².